The van der Waals surface area contributed by atoms with Gasteiger partial charge in [0.05, 0.1) is 5.01 Å². The third-order valence-electron chi connectivity index (χ3n) is 2.64. The Morgan fingerprint density at radius 3 is 2.68 bits per heavy atom. The maximum atomic E-state index is 4.67. The number of aromatic nitrogens is 1. The number of hydrogen-bond donors (Lipinski definition) is 0. The molecule has 0 amide bonds. The molecule has 1 nitrogen and oxygen atoms in total. The maximum Gasteiger partial charge on any atom is 0.116 e. The Morgan fingerprint density at radius 2 is 1.95 bits per heavy atom. The molecule has 0 aliphatic rings. The number of rotatable bonds is 4. The van der Waals surface area contributed by atoms with Crippen LogP contribution in [-0.2, 0) is 6.42 Å². The highest BCUT2D eigenvalue weighted by Crippen LogP contribution is 2.34. The van der Waals surface area contributed by atoms with Gasteiger partial charge in [-0.25, -0.2) is 4.98 Å². The minimum atomic E-state index is 0.998. The summed E-state index contributed by atoms with van der Waals surface area (Å²) in [6.07, 6.45) is 0.998. The summed E-state index contributed by atoms with van der Waals surface area (Å²) in [7, 11) is 0. The molecule has 0 saturated heterocycles. The van der Waals surface area contributed by atoms with Gasteiger partial charge in [0, 0.05) is 21.1 Å². The van der Waals surface area contributed by atoms with Gasteiger partial charge in [-0.2, -0.15) is 0 Å². The Balaban J connectivity index is 1.85. The van der Waals surface area contributed by atoms with Gasteiger partial charge in [0.1, 0.15) is 5.03 Å². The average Bonchev–Trinajstić information content (AvgIpc) is 3.02. The van der Waals surface area contributed by atoms with Crippen LogP contribution in [0.5, 0.6) is 0 Å². The minimum Gasteiger partial charge on any atom is -0.235 e. The standard InChI is InChI=1S/C15H13NS3/c1-11-16-15(19-12-6-3-2-4-7-12)14(18-11)10-13-8-5-9-17-13/h2-9H,10H2,1H3. The predicted molar refractivity (Wildman–Crippen MR) is 84.5 cm³/mol. The average molecular weight is 303 g/mol. The highest BCUT2D eigenvalue weighted by atomic mass is 32.2. The molecule has 0 spiro atoms. The molecule has 4 heteroatoms. The highest BCUT2D eigenvalue weighted by Gasteiger charge is 2.11. The molecule has 1 aromatic carbocycles. The van der Waals surface area contributed by atoms with E-state index in [1.165, 1.54) is 14.6 Å². The fourth-order valence-corrected chi connectivity index (χ4v) is 4.67. The van der Waals surface area contributed by atoms with E-state index in [0.717, 1.165) is 16.5 Å². The zero-order chi connectivity index (χ0) is 13.1. The van der Waals surface area contributed by atoms with Gasteiger partial charge >= 0.3 is 0 Å². The summed E-state index contributed by atoms with van der Waals surface area (Å²) >= 11 is 5.38. The first-order valence-electron chi connectivity index (χ1n) is 6.03. The monoisotopic (exact) mass is 303 g/mol. The van der Waals surface area contributed by atoms with Gasteiger partial charge in [0.25, 0.3) is 0 Å². The summed E-state index contributed by atoms with van der Waals surface area (Å²) < 4.78 is 0. The molecule has 0 N–H and O–H groups in total. The Kier molecular flexibility index (Phi) is 4.01. The van der Waals surface area contributed by atoms with Crippen LogP contribution in [-0.4, -0.2) is 4.98 Å². The first-order valence-corrected chi connectivity index (χ1v) is 8.54. The third-order valence-corrected chi connectivity index (χ3v) is 5.66. The first kappa shape index (κ1) is 12.9. The van der Waals surface area contributed by atoms with Crippen LogP contribution < -0.4 is 0 Å². The molecule has 0 aliphatic heterocycles. The predicted octanol–water partition coefficient (Wildman–Crippen LogP) is 5.26. The molecule has 2 aromatic heterocycles. The first-order chi connectivity index (χ1) is 9.31. The van der Waals surface area contributed by atoms with Crippen molar-refractivity contribution in [2.45, 2.75) is 23.3 Å². The summed E-state index contributed by atoms with van der Waals surface area (Å²) in [5.41, 5.74) is 0. The zero-order valence-electron chi connectivity index (χ0n) is 10.5. The highest BCUT2D eigenvalue weighted by molar-refractivity contribution is 7.99. The summed E-state index contributed by atoms with van der Waals surface area (Å²) in [4.78, 5) is 8.69. The molecule has 19 heavy (non-hydrogen) atoms. The molecular formula is C15H13NS3. The van der Waals surface area contributed by atoms with E-state index in [0.29, 0.717) is 0 Å². The Labute approximate surface area is 125 Å². The molecule has 3 aromatic rings. The van der Waals surface area contributed by atoms with Gasteiger partial charge < -0.3 is 0 Å². The molecule has 0 unspecified atom stereocenters. The van der Waals surface area contributed by atoms with Crippen LogP contribution >= 0.6 is 34.4 Å². The molecule has 3 rings (SSSR count). The lowest BCUT2D eigenvalue weighted by atomic mass is 10.3. The number of hydrogen-bond acceptors (Lipinski definition) is 4. The van der Waals surface area contributed by atoms with Crippen LogP contribution in [0.15, 0.2) is 57.8 Å². The van der Waals surface area contributed by atoms with E-state index >= 15 is 0 Å². The lowest BCUT2D eigenvalue weighted by Gasteiger charge is -2.01. The number of aryl methyl sites for hydroxylation is 1. The summed E-state index contributed by atoms with van der Waals surface area (Å²) in [5, 5.41) is 4.43. The van der Waals surface area contributed by atoms with E-state index in [2.05, 4.69) is 53.7 Å². The van der Waals surface area contributed by atoms with E-state index < -0.39 is 0 Å². The van der Waals surface area contributed by atoms with E-state index in [1.807, 2.05) is 17.4 Å². The molecule has 96 valence electrons. The van der Waals surface area contributed by atoms with Crippen molar-refractivity contribution in [3.05, 3.63) is 62.6 Å². The van der Waals surface area contributed by atoms with E-state index in [1.54, 1.807) is 23.1 Å². The second-order valence-corrected chi connectivity index (χ2v) is 7.51. The quantitative estimate of drug-likeness (QED) is 0.652. The van der Waals surface area contributed by atoms with Crippen LogP contribution in [0.3, 0.4) is 0 Å². The van der Waals surface area contributed by atoms with Gasteiger partial charge in [-0.3, -0.25) is 0 Å². The lowest BCUT2D eigenvalue weighted by Crippen LogP contribution is -1.84. The van der Waals surface area contributed by atoms with Crippen molar-refractivity contribution in [1.82, 2.24) is 4.98 Å². The minimum absolute atomic E-state index is 0.998. The van der Waals surface area contributed by atoms with E-state index in [4.69, 9.17) is 0 Å². The van der Waals surface area contributed by atoms with Crippen LogP contribution in [0.2, 0.25) is 0 Å². The van der Waals surface area contributed by atoms with Gasteiger partial charge in [0.15, 0.2) is 0 Å². The summed E-state index contributed by atoms with van der Waals surface area (Å²) in [6.45, 7) is 2.08. The van der Waals surface area contributed by atoms with E-state index in [9.17, 15) is 0 Å². The van der Waals surface area contributed by atoms with Gasteiger partial charge in [-0.05, 0) is 30.5 Å². The Hall–Kier alpha value is -1.10. The fourth-order valence-electron chi connectivity index (χ4n) is 1.81. The molecule has 0 bridgehead atoms. The maximum absolute atomic E-state index is 4.67. The summed E-state index contributed by atoms with van der Waals surface area (Å²) in [6, 6.07) is 14.8. The van der Waals surface area contributed by atoms with Crippen LogP contribution in [0.1, 0.15) is 14.8 Å². The molecule has 0 aliphatic carbocycles. The van der Waals surface area contributed by atoms with E-state index in [-0.39, 0.29) is 0 Å². The molecule has 0 saturated carbocycles. The fraction of sp³-hybridized carbons (Fsp3) is 0.133. The van der Waals surface area contributed by atoms with Gasteiger partial charge in [-0.15, -0.1) is 22.7 Å². The zero-order valence-corrected chi connectivity index (χ0v) is 12.9. The Morgan fingerprint density at radius 1 is 1.11 bits per heavy atom. The van der Waals surface area contributed by atoms with Crippen LogP contribution in [0.4, 0.5) is 0 Å². The van der Waals surface area contributed by atoms with Crippen molar-refractivity contribution >= 4 is 34.4 Å². The topological polar surface area (TPSA) is 12.9 Å². The number of thiazole rings is 1. The lowest BCUT2D eigenvalue weighted by molar-refractivity contribution is 1.08. The van der Waals surface area contributed by atoms with Crippen LogP contribution in [0.25, 0.3) is 0 Å². The van der Waals surface area contributed by atoms with Crippen molar-refractivity contribution in [1.29, 1.82) is 0 Å². The summed E-state index contributed by atoms with van der Waals surface area (Å²) in [5.74, 6) is 0. The van der Waals surface area contributed by atoms with Gasteiger partial charge in [-0.1, -0.05) is 36.0 Å². The SMILES string of the molecule is Cc1nc(Sc2ccccc2)c(Cc2cccs2)s1. The molecule has 0 atom stereocenters. The largest absolute Gasteiger partial charge is 0.235 e. The molecule has 0 fully saturated rings. The third kappa shape index (κ3) is 3.26. The van der Waals surface area contributed by atoms with Crippen LogP contribution in [0, 0.1) is 6.92 Å². The second kappa shape index (κ2) is 5.90. The van der Waals surface area contributed by atoms with Gasteiger partial charge in [0.2, 0.25) is 0 Å². The molecular weight excluding hydrogens is 290 g/mol. The van der Waals surface area contributed by atoms with Crippen molar-refractivity contribution < 1.29 is 0 Å². The molecule has 0 radical (unpaired) electrons. The van der Waals surface area contributed by atoms with Crippen molar-refractivity contribution in [3.8, 4) is 0 Å². The number of thiophene rings is 1. The Bertz CT molecular complexity index is 641. The number of benzene rings is 1. The van der Waals surface area contributed by atoms with Crippen molar-refractivity contribution in [2.24, 2.45) is 0 Å². The smallest absolute Gasteiger partial charge is 0.116 e. The number of nitrogens with zero attached hydrogens (tertiary/aromatic N) is 1. The normalized spacial score (nSPS) is 10.8. The molecule has 2 heterocycles. The second-order valence-electron chi connectivity index (χ2n) is 4.13. The van der Waals surface area contributed by atoms with Crippen molar-refractivity contribution in [3.63, 3.8) is 0 Å². The van der Waals surface area contributed by atoms with Crippen molar-refractivity contribution in [2.75, 3.05) is 0 Å².